The summed E-state index contributed by atoms with van der Waals surface area (Å²) in [5.41, 5.74) is 9.60. The number of hydrogen-bond donors (Lipinski definition) is 1. The maximum atomic E-state index is 13.4. The van der Waals surface area contributed by atoms with Gasteiger partial charge in [-0.2, -0.15) is 5.10 Å². The van der Waals surface area contributed by atoms with Crippen molar-refractivity contribution >= 4 is 16.9 Å². The molecule has 2 N–H and O–H groups in total. The highest BCUT2D eigenvalue weighted by Gasteiger charge is 2.34. The van der Waals surface area contributed by atoms with E-state index < -0.39 is 0 Å². The number of nitrogens with zero attached hydrogens (tertiary/aromatic N) is 4. The molecule has 1 atom stereocenters. The van der Waals surface area contributed by atoms with E-state index in [1.54, 1.807) is 6.20 Å². The number of pyridine rings is 1. The molecule has 7 heteroatoms. The smallest absolute Gasteiger partial charge is 0.257 e. The van der Waals surface area contributed by atoms with Crippen LogP contribution in [0, 0.1) is 6.92 Å². The number of amides is 1. The van der Waals surface area contributed by atoms with Crippen LogP contribution in [0.25, 0.3) is 11.0 Å². The maximum Gasteiger partial charge on any atom is 0.257 e. The number of nitrogens with two attached hydrogens (primary N) is 1. The molecule has 0 bridgehead atoms. The fraction of sp³-hybridized carbons (Fsp3) is 0.500. The molecule has 3 aromatic rings. The Morgan fingerprint density at radius 1 is 1.34 bits per heavy atom. The van der Waals surface area contributed by atoms with Gasteiger partial charge in [0.2, 0.25) is 0 Å². The lowest BCUT2D eigenvalue weighted by atomic mass is 9.94. The monoisotopic (exact) mass is 393 g/mol. The summed E-state index contributed by atoms with van der Waals surface area (Å²) in [6.07, 6.45) is 6.87. The molecule has 0 aromatic carbocycles. The highest BCUT2D eigenvalue weighted by atomic mass is 16.3. The first-order valence-corrected chi connectivity index (χ1v) is 10.6. The minimum absolute atomic E-state index is 0.112. The molecule has 7 nitrogen and oxygen atoms in total. The van der Waals surface area contributed by atoms with Crippen LogP contribution in [0.2, 0.25) is 0 Å². The van der Waals surface area contributed by atoms with Crippen molar-refractivity contribution in [1.29, 1.82) is 0 Å². The molecule has 1 amide bonds. The van der Waals surface area contributed by atoms with Crippen LogP contribution >= 0.6 is 0 Å². The van der Waals surface area contributed by atoms with Gasteiger partial charge in [0.15, 0.2) is 5.65 Å². The standard InChI is InChI=1S/C22H27N5O2/c1-14-19(16-5-2-3-7-18(16)29-14)22(28)26-11-8-15(13-26)20-17-6-4-10-24-21(17)27(25-20)12-9-23/h4,6,10,15H,2-3,5,7-9,11-13,23H2,1H3. The lowest BCUT2D eigenvalue weighted by Crippen LogP contribution is -2.29. The van der Waals surface area contributed by atoms with Crippen molar-refractivity contribution in [2.24, 2.45) is 5.73 Å². The molecule has 0 saturated carbocycles. The Kier molecular flexibility index (Phi) is 4.62. The van der Waals surface area contributed by atoms with Crippen LogP contribution in [-0.4, -0.2) is 45.2 Å². The van der Waals surface area contributed by atoms with Gasteiger partial charge in [0.1, 0.15) is 11.5 Å². The molecule has 1 unspecified atom stereocenters. The molecule has 152 valence electrons. The van der Waals surface area contributed by atoms with E-state index in [1.807, 2.05) is 22.6 Å². The molecule has 0 spiro atoms. The van der Waals surface area contributed by atoms with Crippen molar-refractivity contribution in [2.75, 3.05) is 19.6 Å². The zero-order valence-electron chi connectivity index (χ0n) is 16.9. The van der Waals surface area contributed by atoms with Gasteiger partial charge in [-0.25, -0.2) is 9.67 Å². The molecule has 1 aliphatic heterocycles. The van der Waals surface area contributed by atoms with Gasteiger partial charge < -0.3 is 15.1 Å². The van der Waals surface area contributed by atoms with Crippen molar-refractivity contribution in [3.63, 3.8) is 0 Å². The van der Waals surface area contributed by atoms with Gasteiger partial charge in [-0.1, -0.05) is 0 Å². The van der Waals surface area contributed by atoms with E-state index in [0.717, 1.165) is 78.0 Å². The molecular weight excluding hydrogens is 366 g/mol. The summed E-state index contributed by atoms with van der Waals surface area (Å²) in [5, 5.41) is 5.89. The van der Waals surface area contributed by atoms with Crippen molar-refractivity contribution in [3.8, 4) is 0 Å². The molecule has 5 rings (SSSR count). The summed E-state index contributed by atoms with van der Waals surface area (Å²) < 4.78 is 7.83. The first kappa shape index (κ1) is 18.4. The van der Waals surface area contributed by atoms with E-state index in [1.165, 1.54) is 0 Å². The number of carbonyl (C=O) groups is 1. The number of rotatable bonds is 4. The Hall–Kier alpha value is -2.67. The Labute approximate surface area is 169 Å². The molecule has 1 saturated heterocycles. The quantitative estimate of drug-likeness (QED) is 0.736. The van der Waals surface area contributed by atoms with Crippen LogP contribution < -0.4 is 5.73 Å². The van der Waals surface area contributed by atoms with Crippen LogP contribution in [-0.2, 0) is 19.4 Å². The lowest BCUT2D eigenvalue weighted by Gasteiger charge is -2.18. The number of carbonyl (C=O) groups excluding carboxylic acids is 1. The van der Waals surface area contributed by atoms with Gasteiger partial charge in [0.05, 0.1) is 17.8 Å². The second-order valence-corrected chi connectivity index (χ2v) is 8.15. The zero-order chi connectivity index (χ0) is 20.0. The molecule has 1 aliphatic carbocycles. The van der Waals surface area contributed by atoms with Crippen LogP contribution in [0.4, 0.5) is 0 Å². The third kappa shape index (κ3) is 3.04. The number of hydrogen-bond acceptors (Lipinski definition) is 5. The molecule has 1 fully saturated rings. The van der Waals surface area contributed by atoms with Crippen LogP contribution in [0.5, 0.6) is 0 Å². The Morgan fingerprint density at radius 2 is 2.21 bits per heavy atom. The van der Waals surface area contributed by atoms with Gasteiger partial charge >= 0.3 is 0 Å². The summed E-state index contributed by atoms with van der Waals surface area (Å²) in [5.74, 6) is 2.12. The SMILES string of the molecule is Cc1oc2c(c1C(=O)N1CCC(c3nn(CCN)c4ncccc34)C1)CCCC2. The highest BCUT2D eigenvalue weighted by Crippen LogP contribution is 2.35. The van der Waals surface area contributed by atoms with Crippen molar-refractivity contribution in [3.05, 3.63) is 46.7 Å². The number of likely N-dealkylation sites (tertiary alicyclic amines) is 1. The molecule has 3 aromatic heterocycles. The normalized spacial score (nSPS) is 19.1. The predicted octanol–water partition coefficient (Wildman–Crippen LogP) is 2.80. The van der Waals surface area contributed by atoms with Crippen LogP contribution in [0.3, 0.4) is 0 Å². The van der Waals surface area contributed by atoms with Crippen molar-refractivity contribution < 1.29 is 9.21 Å². The van der Waals surface area contributed by atoms with Gasteiger partial charge in [0, 0.05) is 49.1 Å². The summed E-state index contributed by atoms with van der Waals surface area (Å²) in [4.78, 5) is 19.8. The summed E-state index contributed by atoms with van der Waals surface area (Å²) in [6, 6.07) is 4.01. The fourth-order valence-electron chi connectivity index (χ4n) is 4.92. The average molecular weight is 393 g/mol. The molecule has 4 heterocycles. The summed E-state index contributed by atoms with van der Waals surface area (Å²) in [7, 11) is 0. The van der Waals surface area contributed by atoms with Gasteiger partial charge in [0.25, 0.3) is 5.91 Å². The first-order valence-electron chi connectivity index (χ1n) is 10.6. The van der Waals surface area contributed by atoms with E-state index in [2.05, 4.69) is 11.1 Å². The number of fused-ring (bicyclic) bond motifs is 2. The van der Waals surface area contributed by atoms with E-state index in [4.69, 9.17) is 15.2 Å². The Morgan fingerprint density at radius 3 is 3.07 bits per heavy atom. The van der Waals surface area contributed by atoms with E-state index in [-0.39, 0.29) is 11.8 Å². The topological polar surface area (TPSA) is 90.2 Å². The second-order valence-electron chi connectivity index (χ2n) is 8.15. The van der Waals surface area contributed by atoms with E-state index in [9.17, 15) is 4.79 Å². The Balaban J connectivity index is 1.42. The molecular formula is C22H27N5O2. The maximum absolute atomic E-state index is 13.4. The number of aromatic nitrogens is 3. The first-order chi connectivity index (χ1) is 14.2. The van der Waals surface area contributed by atoms with Crippen LogP contribution in [0.1, 0.15) is 58.3 Å². The van der Waals surface area contributed by atoms with Gasteiger partial charge in [-0.05, 0) is 44.7 Å². The van der Waals surface area contributed by atoms with Gasteiger partial charge in [-0.15, -0.1) is 0 Å². The van der Waals surface area contributed by atoms with E-state index in [0.29, 0.717) is 19.6 Å². The minimum atomic E-state index is 0.112. The van der Waals surface area contributed by atoms with Gasteiger partial charge in [-0.3, -0.25) is 4.79 Å². The highest BCUT2D eigenvalue weighted by molar-refractivity contribution is 5.97. The molecule has 2 aliphatic rings. The minimum Gasteiger partial charge on any atom is -0.465 e. The predicted molar refractivity (Wildman–Crippen MR) is 110 cm³/mol. The average Bonchev–Trinajstić information content (AvgIpc) is 3.43. The van der Waals surface area contributed by atoms with Crippen molar-refractivity contribution in [2.45, 2.75) is 51.5 Å². The van der Waals surface area contributed by atoms with E-state index >= 15 is 0 Å². The second kappa shape index (κ2) is 7.30. The van der Waals surface area contributed by atoms with Crippen LogP contribution in [0.15, 0.2) is 22.7 Å². The van der Waals surface area contributed by atoms with Crippen molar-refractivity contribution in [1.82, 2.24) is 19.7 Å². The molecule has 0 radical (unpaired) electrons. The largest absolute Gasteiger partial charge is 0.465 e. The third-order valence-corrected chi connectivity index (χ3v) is 6.30. The fourth-order valence-corrected chi connectivity index (χ4v) is 4.92. The Bertz CT molecular complexity index is 1070. The zero-order valence-corrected chi connectivity index (χ0v) is 16.9. The summed E-state index contributed by atoms with van der Waals surface area (Å²) >= 11 is 0. The number of furan rings is 1. The third-order valence-electron chi connectivity index (χ3n) is 6.30. The molecule has 29 heavy (non-hydrogen) atoms. The lowest BCUT2D eigenvalue weighted by molar-refractivity contribution is 0.0788. The number of aryl methyl sites for hydroxylation is 2. The summed E-state index contributed by atoms with van der Waals surface area (Å²) in [6.45, 7) is 4.51.